The fourth-order valence-electron chi connectivity index (χ4n) is 3.18. The van der Waals surface area contributed by atoms with Gasteiger partial charge in [0, 0.05) is 4.47 Å². The van der Waals surface area contributed by atoms with Crippen LogP contribution in [-0.4, -0.2) is 6.54 Å². The van der Waals surface area contributed by atoms with Gasteiger partial charge >= 0.3 is 0 Å². The average molecular weight is 334 g/mol. The van der Waals surface area contributed by atoms with Gasteiger partial charge < -0.3 is 5.73 Å². The van der Waals surface area contributed by atoms with E-state index in [2.05, 4.69) is 40.2 Å². The molecule has 0 aliphatic heterocycles. The minimum atomic E-state index is -0.150. The fourth-order valence-corrected chi connectivity index (χ4v) is 3.52. The van der Waals surface area contributed by atoms with Gasteiger partial charge in [0.1, 0.15) is 5.82 Å². The number of benzene rings is 2. The zero-order valence-corrected chi connectivity index (χ0v) is 12.8. The van der Waals surface area contributed by atoms with E-state index in [0.717, 1.165) is 22.9 Å². The van der Waals surface area contributed by atoms with Crippen LogP contribution in [-0.2, 0) is 19.3 Å². The van der Waals surface area contributed by atoms with E-state index >= 15 is 0 Å². The molecule has 20 heavy (non-hydrogen) atoms. The summed E-state index contributed by atoms with van der Waals surface area (Å²) in [5.74, 6) is -0.150. The third-order valence-electron chi connectivity index (χ3n) is 4.26. The quantitative estimate of drug-likeness (QED) is 0.906. The molecule has 0 atom stereocenters. The molecule has 0 saturated heterocycles. The average Bonchev–Trinajstić information content (AvgIpc) is 2.81. The molecule has 104 valence electrons. The Bertz CT molecular complexity index is 614. The van der Waals surface area contributed by atoms with E-state index in [-0.39, 0.29) is 11.2 Å². The van der Waals surface area contributed by atoms with Crippen molar-refractivity contribution < 1.29 is 4.39 Å². The van der Waals surface area contributed by atoms with Crippen molar-refractivity contribution in [3.8, 4) is 0 Å². The lowest BCUT2D eigenvalue weighted by atomic mass is 9.79. The first kappa shape index (κ1) is 13.8. The summed E-state index contributed by atoms with van der Waals surface area (Å²) in [4.78, 5) is 0. The Balaban J connectivity index is 1.89. The van der Waals surface area contributed by atoms with Crippen molar-refractivity contribution in [3.63, 3.8) is 0 Å². The van der Waals surface area contributed by atoms with Gasteiger partial charge in [-0.2, -0.15) is 0 Å². The van der Waals surface area contributed by atoms with Crippen molar-refractivity contribution in [2.45, 2.75) is 19.3 Å². The van der Waals surface area contributed by atoms with Crippen molar-refractivity contribution in [1.82, 2.24) is 0 Å². The van der Waals surface area contributed by atoms with Crippen LogP contribution < -0.4 is 5.73 Å². The molecule has 0 spiro atoms. The first-order chi connectivity index (χ1) is 9.62. The Morgan fingerprint density at radius 3 is 2.30 bits per heavy atom. The minimum absolute atomic E-state index is 0.0433. The molecule has 2 N–H and O–H groups in total. The highest BCUT2D eigenvalue weighted by molar-refractivity contribution is 9.10. The van der Waals surface area contributed by atoms with Gasteiger partial charge in [0.15, 0.2) is 0 Å². The maximum absolute atomic E-state index is 14.1. The van der Waals surface area contributed by atoms with Crippen LogP contribution in [0.25, 0.3) is 0 Å². The molecule has 0 radical (unpaired) electrons. The van der Waals surface area contributed by atoms with Gasteiger partial charge in [-0.15, -0.1) is 0 Å². The highest BCUT2D eigenvalue weighted by atomic mass is 79.9. The molecule has 1 aliphatic rings. The van der Waals surface area contributed by atoms with Crippen LogP contribution in [0.4, 0.5) is 4.39 Å². The van der Waals surface area contributed by atoms with Gasteiger partial charge in [-0.25, -0.2) is 4.39 Å². The second-order valence-electron chi connectivity index (χ2n) is 5.74. The largest absolute Gasteiger partial charge is 0.330 e. The summed E-state index contributed by atoms with van der Waals surface area (Å²) in [6.07, 6.45) is 2.57. The molecule has 0 unspecified atom stereocenters. The van der Waals surface area contributed by atoms with Crippen molar-refractivity contribution in [2.75, 3.05) is 6.54 Å². The zero-order valence-electron chi connectivity index (χ0n) is 11.2. The molecule has 3 heteroatoms. The summed E-state index contributed by atoms with van der Waals surface area (Å²) in [5.41, 5.74) is 9.47. The monoisotopic (exact) mass is 333 g/mol. The molecule has 0 heterocycles. The van der Waals surface area contributed by atoms with Crippen LogP contribution in [0.3, 0.4) is 0 Å². The second-order valence-corrected chi connectivity index (χ2v) is 6.65. The number of nitrogens with two attached hydrogens (primary N) is 1. The standard InChI is InChI=1S/C17H17BrFN/c18-15-6-5-14(16(19)7-15)10-17(11-20)8-12-3-1-2-4-13(12)9-17/h1-7H,8-11,20H2. The molecular formula is C17H17BrFN. The van der Waals surface area contributed by atoms with Gasteiger partial charge in [0.2, 0.25) is 0 Å². The van der Waals surface area contributed by atoms with E-state index in [4.69, 9.17) is 5.73 Å². The Labute approximate surface area is 127 Å². The maximum atomic E-state index is 14.1. The Hall–Kier alpha value is -1.19. The molecule has 1 aliphatic carbocycles. The Morgan fingerprint density at radius 1 is 1.10 bits per heavy atom. The van der Waals surface area contributed by atoms with Gasteiger partial charge in [-0.1, -0.05) is 46.3 Å². The maximum Gasteiger partial charge on any atom is 0.127 e. The number of halogens is 2. The molecule has 1 nitrogen and oxygen atoms in total. The van der Waals surface area contributed by atoms with Crippen LogP contribution in [0.5, 0.6) is 0 Å². The number of hydrogen-bond acceptors (Lipinski definition) is 1. The predicted octanol–water partition coefficient (Wildman–Crippen LogP) is 3.87. The highest BCUT2D eigenvalue weighted by Gasteiger charge is 2.36. The van der Waals surface area contributed by atoms with Crippen molar-refractivity contribution in [1.29, 1.82) is 0 Å². The van der Waals surface area contributed by atoms with E-state index in [1.807, 2.05) is 12.1 Å². The predicted molar refractivity (Wildman–Crippen MR) is 83.1 cm³/mol. The number of rotatable bonds is 3. The first-order valence-corrected chi connectivity index (χ1v) is 7.62. The summed E-state index contributed by atoms with van der Waals surface area (Å²) < 4.78 is 14.8. The lowest BCUT2D eigenvalue weighted by molar-refractivity contribution is 0.310. The highest BCUT2D eigenvalue weighted by Crippen LogP contribution is 2.39. The SMILES string of the molecule is NCC1(Cc2ccc(Br)cc2F)Cc2ccccc2C1. The smallest absolute Gasteiger partial charge is 0.127 e. The van der Waals surface area contributed by atoms with Crippen molar-refractivity contribution in [2.24, 2.45) is 11.1 Å². The number of hydrogen-bond donors (Lipinski definition) is 1. The molecule has 2 aromatic carbocycles. The summed E-state index contributed by atoms with van der Waals surface area (Å²) in [6, 6.07) is 13.7. The van der Waals surface area contributed by atoms with Crippen LogP contribution >= 0.6 is 15.9 Å². The third-order valence-corrected chi connectivity index (χ3v) is 4.76. The third kappa shape index (κ3) is 2.52. The van der Waals surface area contributed by atoms with Crippen molar-refractivity contribution >= 4 is 15.9 Å². The van der Waals surface area contributed by atoms with Crippen LogP contribution in [0.15, 0.2) is 46.9 Å². The van der Waals surface area contributed by atoms with E-state index < -0.39 is 0 Å². The molecular weight excluding hydrogens is 317 g/mol. The van der Waals surface area contributed by atoms with E-state index in [0.29, 0.717) is 13.0 Å². The topological polar surface area (TPSA) is 26.0 Å². The summed E-state index contributed by atoms with van der Waals surface area (Å²) in [6.45, 7) is 0.581. The molecule has 0 bridgehead atoms. The molecule has 0 fully saturated rings. The Morgan fingerprint density at radius 2 is 1.75 bits per heavy atom. The normalized spacial score (nSPS) is 16.1. The molecule has 0 amide bonds. The summed E-state index contributed by atoms with van der Waals surface area (Å²) in [7, 11) is 0. The molecule has 0 aromatic heterocycles. The lowest BCUT2D eigenvalue weighted by Crippen LogP contribution is -2.34. The second kappa shape index (κ2) is 5.30. The molecule has 0 saturated carbocycles. The van der Waals surface area contributed by atoms with Crippen LogP contribution in [0, 0.1) is 11.2 Å². The van der Waals surface area contributed by atoms with Crippen LogP contribution in [0.2, 0.25) is 0 Å². The van der Waals surface area contributed by atoms with Crippen LogP contribution in [0.1, 0.15) is 16.7 Å². The summed E-state index contributed by atoms with van der Waals surface area (Å²) in [5, 5.41) is 0. The van der Waals surface area contributed by atoms with Gasteiger partial charge in [0.05, 0.1) is 0 Å². The first-order valence-electron chi connectivity index (χ1n) is 6.83. The van der Waals surface area contributed by atoms with Gasteiger partial charge in [-0.05, 0) is 60.0 Å². The minimum Gasteiger partial charge on any atom is -0.330 e. The molecule has 3 rings (SSSR count). The lowest BCUT2D eigenvalue weighted by Gasteiger charge is -2.27. The van der Waals surface area contributed by atoms with Gasteiger partial charge in [-0.3, -0.25) is 0 Å². The van der Waals surface area contributed by atoms with E-state index in [9.17, 15) is 4.39 Å². The number of fused-ring (bicyclic) bond motifs is 1. The van der Waals surface area contributed by atoms with Gasteiger partial charge in [0.25, 0.3) is 0 Å². The summed E-state index contributed by atoms with van der Waals surface area (Å²) >= 11 is 3.30. The van der Waals surface area contributed by atoms with E-state index in [1.165, 1.54) is 17.2 Å². The van der Waals surface area contributed by atoms with Crippen molar-refractivity contribution in [3.05, 3.63) is 69.4 Å². The zero-order chi connectivity index (χ0) is 14.2. The molecule has 2 aromatic rings. The fraction of sp³-hybridized carbons (Fsp3) is 0.294. The van der Waals surface area contributed by atoms with E-state index in [1.54, 1.807) is 0 Å². The Kier molecular flexibility index (Phi) is 3.65.